The standard InChI is InChI=1S/C16H26N4OS/c1-22-14-6-5-12(10-14)19-16(21)17-8-7-13-11-20-9-3-2-4-15(20)18-13/h11-12,14H,2-10H2,1H3,(H2,17,19,21)/t12-,14-/m1/s1. The largest absolute Gasteiger partial charge is 0.338 e. The molecule has 0 aromatic carbocycles. The van der Waals surface area contributed by atoms with E-state index in [1.54, 1.807) is 0 Å². The van der Waals surface area contributed by atoms with Crippen molar-refractivity contribution in [1.82, 2.24) is 20.2 Å². The van der Waals surface area contributed by atoms with Gasteiger partial charge in [0, 0.05) is 43.4 Å². The highest BCUT2D eigenvalue weighted by Crippen LogP contribution is 2.27. The summed E-state index contributed by atoms with van der Waals surface area (Å²) in [5, 5.41) is 6.76. The van der Waals surface area contributed by atoms with E-state index in [-0.39, 0.29) is 6.03 Å². The lowest BCUT2D eigenvalue weighted by atomic mass is 10.2. The number of carbonyl (C=O) groups excluding carboxylic acids is 1. The molecule has 1 aromatic rings. The lowest BCUT2D eigenvalue weighted by Gasteiger charge is -2.13. The maximum Gasteiger partial charge on any atom is 0.315 e. The Morgan fingerprint density at radius 1 is 1.45 bits per heavy atom. The Labute approximate surface area is 136 Å². The molecule has 2 aliphatic rings. The van der Waals surface area contributed by atoms with Gasteiger partial charge in [0.1, 0.15) is 5.82 Å². The zero-order valence-electron chi connectivity index (χ0n) is 13.3. The van der Waals surface area contributed by atoms with E-state index in [2.05, 4.69) is 32.6 Å². The van der Waals surface area contributed by atoms with Gasteiger partial charge in [0.15, 0.2) is 0 Å². The van der Waals surface area contributed by atoms with E-state index >= 15 is 0 Å². The minimum absolute atomic E-state index is 0.0317. The van der Waals surface area contributed by atoms with Crippen molar-refractivity contribution in [2.75, 3.05) is 12.8 Å². The molecule has 1 aliphatic carbocycles. The molecule has 0 saturated heterocycles. The number of thioether (sulfide) groups is 1. The van der Waals surface area contributed by atoms with Crippen LogP contribution in [0.15, 0.2) is 6.20 Å². The number of nitrogens with one attached hydrogen (secondary N) is 2. The fourth-order valence-electron chi connectivity index (χ4n) is 3.42. The zero-order chi connectivity index (χ0) is 15.4. The summed E-state index contributed by atoms with van der Waals surface area (Å²) in [6.07, 6.45) is 12.1. The second-order valence-electron chi connectivity index (χ2n) is 6.32. The number of aryl methyl sites for hydroxylation is 2. The number of fused-ring (bicyclic) bond motifs is 1. The highest BCUT2D eigenvalue weighted by Gasteiger charge is 2.24. The Hall–Kier alpha value is -1.17. The minimum atomic E-state index is -0.0317. The summed E-state index contributed by atoms with van der Waals surface area (Å²) in [5.41, 5.74) is 1.10. The molecular formula is C16H26N4OS. The molecule has 6 heteroatoms. The maximum atomic E-state index is 11.9. The van der Waals surface area contributed by atoms with Gasteiger partial charge in [0.25, 0.3) is 0 Å². The third-order valence-electron chi connectivity index (χ3n) is 4.68. The van der Waals surface area contributed by atoms with Crippen LogP contribution in [0.4, 0.5) is 4.79 Å². The average molecular weight is 322 g/mol. The van der Waals surface area contributed by atoms with Gasteiger partial charge >= 0.3 is 6.03 Å². The van der Waals surface area contributed by atoms with Crippen LogP contribution < -0.4 is 10.6 Å². The molecule has 1 fully saturated rings. The molecular weight excluding hydrogens is 296 g/mol. The van der Waals surface area contributed by atoms with Gasteiger partial charge in [-0.1, -0.05) is 0 Å². The third kappa shape index (κ3) is 3.97. The second kappa shape index (κ2) is 7.40. The third-order valence-corrected chi connectivity index (χ3v) is 5.77. The predicted molar refractivity (Wildman–Crippen MR) is 90.3 cm³/mol. The van der Waals surface area contributed by atoms with Crippen molar-refractivity contribution in [2.45, 2.75) is 62.8 Å². The Bertz CT molecular complexity index is 493. The highest BCUT2D eigenvalue weighted by molar-refractivity contribution is 7.99. The smallest absolute Gasteiger partial charge is 0.315 e. The number of imidazole rings is 1. The monoisotopic (exact) mass is 322 g/mol. The molecule has 1 saturated carbocycles. The summed E-state index contributed by atoms with van der Waals surface area (Å²) in [6, 6.07) is 0.313. The van der Waals surface area contributed by atoms with Crippen LogP contribution in [0.3, 0.4) is 0 Å². The van der Waals surface area contributed by atoms with Crippen molar-refractivity contribution in [2.24, 2.45) is 0 Å². The van der Waals surface area contributed by atoms with Gasteiger partial charge in [0.05, 0.1) is 5.69 Å². The van der Waals surface area contributed by atoms with E-state index < -0.39 is 0 Å². The summed E-state index contributed by atoms with van der Waals surface area (Å²) in [5.74, 6) is 1.21. The molecule has 0 spiro atoms. The van der Waals surface area contributed by atoms with Crippen molar-refractivity contribution >= 4 is 17.8 Å². The van der Waals surface area contributed by atoms with Crippen LogP contribution in [0.25, 0.3) is 0 Å². The first-order chi connectivity index (χ1) is 10.7. The molecule has 1 aliphatic heterocycles. The molecule has 2 heterocycles. The Kier molecular flexibility index (Phi) is 5.28. The van der Waals surface area contributed by atoms with Crippen LogP contribution in [0.2, 0.25) is 0 Å². The number of rotatable bonds is 5. The zero-order valence-corrected chi connectivity index (χ0v) is 14.1. The first kappa shape index (κ1) is 15.7. The number of carbonyl (C=O) groups is 1. The van der Waals surface area contributed by atoms with Crippen molar-refractivity contribution in [1.29, 1.82) is 0 Å². The molecule has 2 N–H and O–H groups in total. The molecule has 0 unspecified atom stereocenters. The molecule has 3 rings (SSSR count). The highest BCUT2D eigenvalue weighted by atomic mass is 32.2. The molecule has 0 bridgehead atoms. The minimum Gasteiger partial charge on any atom is -0.338 e. The SMILES string of the molecule is CS[C@@H]1CC[C@@H](NC(=O)NCCc2cn3c(n2)CCCC3)C1. The summed E-state index contributed by atoms with van der Waals surface area (Å²) >= 11 is 1.91. The lowest BCUT2D eigenvalue weighted by molar-refractivity contribution is 0.237. The van der Waals surface area contributed by atoms with Crippen molar-refractivity contribution < 1.29 is 4.79 Å². The van der Waals surface area contributed by atoms with Crippen LogP contribution >= 0.6 is 11.8 Å². The number of amides is 2. The summed E-state index contributed by atoms with van der Waals surface area (Å²) in [4.78, 5) is 16.6. The first-order valence-corrected chi connectivity index (χ1v) is 9.65. The van der Waals surface area contributed by atoms with Gasteiger partial charge in [-0.2, -0.15) is 11.8 Å². The van der Waals surface area contributed by atoms with Gasteiger partial charge in [-0.3, -0.25) is 0 Å². The van der Waals surface area contributed by atoms with Crippen molar-refractivity contribution in [3.63, 3.8) is 0 Å². The van der Waals surface area contributed by atoms with E-state index in [0.717, 1.165) is 37.9 Å². The fourth-order valence-corrected chi connectivity index (χ4v) is 4.21. The molecule has 5 nitrogen and oxygen atoms in total. The number of urea groups is 1. The van der Waals surface area contributed by atoms with Crippen molar-refractivity contribution in [3.05, 3.63) is 17.7 Å². The number of hydrogen-bond acceptors (Lipinski definition) is 3. The van der Waals surface area contributed by atoms with E-state index in [1.807, 2.05) is 11.8 Å². The summed E-state index contributed by atoms with van der Waals surface area (Å²) in [7, 11) is 0. The van der Waals surface area contributed by atoms with Gasteiger partial charge in [-0.05, 0) is 38.4 Å². The van der Waals surface area contributed by atoms with Crippen LogP contribution in [0.1, 0.15) is 43.6 Å². The molecule has 122 valence electrons. The van der Waals surface area contributed by atoms with Gasteiger partial charge in [-0.15, -0.1) is 0 Å². The van der Waals surface area contributed by atoms with E-state index in [1.165, 1.54) is 25.1 Å². The van der Waals surface area contributed by atoms with E-state index in [0.29, 0.717) is 17.8 Å². The van der Waals surface area contributed by atoms with Gasteiger partial charge < -0.3 is 15.2 Å². The number of aromatic nitrogens is 2. The molecule has 22 heavy (non-hydrogen) atoms. The van der Waals surface area contributed by atoms with E-state index in [9.17, 15) is 4.79 Å². The summed E-state index contributed by atoms with van der Waals surface area (Å²) < 4.78 is 2.26. The van der Waals surface area contributed by atoms with Crippen LogP contribution in [0.5, 0.6) is 0 Å². The molecule has 2 atom stereocenters. The van der Waals surface area contributed by atoms with E-state index in [4.69, 9.17) is 0 Å². The maximum absolute atomic E-state index is 11.9. The normalized spacial score (nSPS) is 24.0. The number of nitrogens with zero attached hydrogens (tertiary/aromatic N) is 2. The average Bonchev–Trinajstić information content (AvgIpc) is 3.13. The molecule has 1 aromatic heterocycles. The van der Waals surface area contributed by atoms with Crippen LogP contribution in [0, 0.1) is 0 Å². The number of hydrogen-bond donors (Lipinski definition) is 2. The lowest BCUT2D eigenvalue weighted by Crippen LogP contribution is -2.41. The second-order valence-corrected chi connectivity index (χ2v) is 7.45. The van der Waals surface area contributed by atoms with Crippen molar-refractivity contribution in [3.8, 4) is 0 Å². The first-order valence-electron chi connectivity index (χ1n) is 8.36. The van der Waals surface area contributed by atoms with Crippen LogP contribution in [-0.4, -0.2) is 39.7 Å². The summed E-state index contributed by atoms with van der Waals surface area (Å²) in [6.45, 7) is 1.75. The Balaban J connectivity index is 1.37. The molecule has 2 amide bonds. The quantitative estimate of drug-likeness (QED) is 0.875. The Morgan fingerprint density at radius 3 is 3.14 bits per heavy atom. The topological polar surface area (TPSA) is 59.0 Å². The van der Waals surface area contributed by atoms with Gasteiger partial charge in [0.2, 0.25) is 0 Å². The Morgan fingerprint density at radius 2 is 2.36 bits per heavy atom. The van der Waals surface area contributed by atoms with Crippen LogP contribution in [-0.2, 0) is 19.4 Å². The van der Waals surface area contributed by atoms with Gasteiger partial charge in [-0.25, -0.2) is 9.78 Å². The molecule has 0 radical (unpaired) electrons. The fraction of sp³-hybridized carbons (Fsp3) is 0.750. The predicted octanol–water partition coefficient (Wildman–Crippen LogP) is 2.35.